The Hall–Kier alpha value is -2.14. The molecule has 2 aromatic rings. The maximum atomic E-state index is 12.6. The normalized spacial score (nSPS) is 20.3. The van der Waals surface area contributed by atoms with Crippen LogP contribution in [-0.4, -0.2) is 27.9 Å². The molecule has 0 spiro atoms. The minimum Gasteiger partial charge on any atom is -0.331 e. The van der Waals surface area contributed by atoms with Crippen molar-refractivity contribution in [3.05, 3.63) is 59.1 Å². The van der Waals surface area contributed by atoms with Crippen molar-refractivity contribution in [3.63, 3.8) is 0 Å². The molecule has 1 aliphatic carbocycles. The van der Waals surface area contributed by atoms with Gasteiger partial charge in [0, 0.05) is 24.5 Å². The fourth-order valence-electron chi connectivity index (χ4n) is 2.89. The highest BCUT2D eigenvalue weighted by atomic mass is 35.5. The third-order valence-electron chi connectivity index (χ3n) is 4.47. The lowest BCUT2D eigenvalue weighted by molar-refractivity contribution is 0.200. The molecule has 1 fully saturated rings. The Morgan fingerprint density at radius 1 is 1.38 bits per heavy atom. The molecule has 1 heterocycles. The standard InChI is InChI=1S/C18H21ClN4O/c1-12-9-16(12)17(13-3-5-14(19)6-4-13)22-18(24)23(2)11-15-10-20-7-8-21-15/h3-8,10,12,16-17H,9,11H2,1-2H3,(H,22,24)/t12-,16+,17-/m1/s1. The highest BCUT2D eigenvalue weighted by Crippen LogP contribution is 2.47. The number of halogens is 1. The highest BCUT2D eigenvalue weighted by Gasteiger charge is 2.41. The summed E-state index contributed by atoms with van der Waals surface area (Å²) in [6, 6.07) is 7.61. The predicted octanol–water partition coefficient (Wildman–Crippen LogP) is 3.67. The lowest BCUT2D eigenvalue weighted by Crippen LogP contribution is -2.40. The summed E-state index contributed by atoms with van der Waals surface area (Å²) < 4.78 is 0. The molecular formula is C18H21ClN4O. The van der Waals surface area contributed by atoms with E-state index in [9.17, 15) is 4.79 Å². The molecule has 1 aliphatic rings. The maximum Gasteiger partial charge on any atom is 0.317 e. The van der Waals surface area contributed by atoms with Gasteiger partial charge in [-0.2, -0.15) is 0 Å². The molecule has 6 heteroatoms. The molecule has 1 N–H and O–H groups in total. The van der Waals surface area contributed by atoms with Crippen LogP contribution in [0.1, 0.15) is 30.6 Å². The van der Waals surface area contributed by atoms with E-state index in [0.29, 0.717) is 23.4 Å². The van der Waals surface area contributed by atoms with E-state index >= 15 is 0 Å². The first-order valence-corrected chi connectivity index (χ1v) is 8.44. The predicted molar refractivity (Wildman–Crippen MR) is 93.5 cm³/mol. The van der Waals surface area contributed by atoms with Crippen LogP contribution in [0.3, 0.4) is 0 Å². The summed E-state index contributed by atoms with van der Waals surface area (Å²) in [5.41, 5.74) is 1.85. The summed E-state index contributed by atoms with van der Waals surface area (Å²) in [6.07, 6.45) is 6.04. The molecule has 1 saturated carbocycles. The van der Waals surface area contributed by atoms with Gasteiger partial charge in [-0.3, -0.25) is 9.97 Å². The first kappa shape index (κ1) is 16.7. The van der Waals surface area contributed by atoms with E-state index in [1.165, 1.54) is 0 Å². The minimum absolute atomic E-state index is 0.00840. The molecule has 0 bridgehead atoms. The van der Waals surface area contributed by atoms with Crippen LogP contribution < -0.4 is 5.32 Å². The number of hydrogen-bond donors (Lipinski definition) is 1. The second-order valence-corrected chi connectivity index (χ2v) is 6.84. The molecule has 0 aliphatic heterocycles. The van der Waals surface area contributed by atoms with Crippen LogP contribution in [0.25, 0.3) is 0 Å². The van der Waals surface area contributed by atoms with Gasteiger partial charge in [-0.15, -0.1) is 0 Å². The monoisotopic (exact) mass is 344 g/mol. The van der Waals surface area contributed by atoms with Gasteiger partial charge in [-0.25, -0.2) is 4.79 Å². The summed E-state index contributed by atoms with van der Waals surface area (Å²) >= 11 is 5.98. The molecule has 24 heavy (non-hydrogen) atoms. The number of carbonyl (C=O) groups excluding carboxylic acids is 1. The van der Waals surface area contributed by atoms with Crippen molar-refractivity contribution in [2.45, 2.75) is 25.9 Å². The second-order valence-electron chi connectivity index (χ2n) is 6.41. The first-order valence-electron chi connectivity index (χ1n) is 8.06. The van der Waals surface area contributed by atoms with Crippen molar-refractivity contribution in [2.24, 2.45) is 11.8 Å². The highest BCUT2D eigenvalue weighted by molar-refractivity contribution is 6.30. The van der Waals surface area contributed by atoms with Gasteiger partial charge in [0.1, 0.15) is 0 Å². The zero-order valence-electron chi connectivity index (χ0n) is 13.8. The molecule has 1 aromatic heterocycles. The zero-order valence-corrected chi connectivity index (χ0v) is 14.6. The Balaban J connectivity index is 1.68. The van der Waals surface area contributed by atoms with Crippen LogP contribution in [-0.2, 0) is 6.54 Å². The van der Waals surface area contributed by atoms with Crippen LogP contribution in [0, 0.1) is 11.8 Å². The van der Waals surface area contributed by atoms with E-state index in [0.717, 1.165) is 17.7 Å². The molecule has 3 rings (SSSR count). The fraction of sp³-hybridized carbons (Fsp3) is 0.389. The van der Waals surface area contributed by atoms with Gasteiger partial charge in [0.15, 0.2) is 0 Å². The molecule has 126 valence electrons. The van der Waals surface area contributed by atoms with Crippen LogP contribution in [0.4, 0.5) is 4.79 Å². The van der Waals surface area contributed by atoms with Crippen LogP contribution in [0.2, 0.25) is 5.02 Å². The Morgan fingerprint density at radius 2 is 2.08 bits per heavy atom. The van der Waals surface area contributed by atoms with Crippen molar-refractivity contribution in [1.82, 2.24) is 20.2 Å². The molecular weight excluding hydrogens is 324 g/mol. The zero-order chi connectivity index (χ0) is 17.1. The largest absolute Gasteiger partial charge is 0.331 e. The summed E-state index contributed by atoms with van der Waals surface area (Å²) in [5.74, 6) is 1.09. The van der Waals surface area contributed by atoms with Crippen molar-refractivity contribution in [2.75, 3.05) is 7.05 Å². The molecule has 5 nitrogen and oxygen atoms in total. The number of benzene rings is 1. The number of carbonyl (C=O) groups is 1. The third-order valence-corrected chi connectivity index (χ3v) is 4.72. The molecule has 2 amide bonds. The SMILES string of the molecule is C[C@@H]1C[C@@H]1[C@H](NC(=O)N(C)Cc1cnccn1)c1ccc(Cl)cc1. The topological polar surface area (TPSA) is 58.1 Å². The Labute approximate surface area is 147 Å². The van der Waals surface area contributed by atoms with E-state index in [1.54, 1.807) is 30.5 Å². The number of urea groups is 1. The molecule has 0 radical (unpaired) electrons. The Morgan fingerprint density at radius 3 is 2.67 bits per heavy atom. The van der Waals surface area contributed by atoms with E-state index in [-0.39, 0.29) is 12.1 Å². The Kier molecular flexibility index (Phi) is 5.00. The molecule has 1 aromatic carbocycles. The molecule has 0 saturated heterocycles. The van der Waals surface area contributed by atoms with Gasteiger partial charge in [-0.05, 0) is 36.0 Å². The van der Waals surface area contributed by atoms with E-state index in [4.69, 9.17) is 11.6 Å². The summed E-state index contributed by atoms with van der Waals surface area (Å²) in [7, 11) is 1.76. The Bertz CT molecular complexity index is 692. The number of rotatable bonds is 5. The van der Waals surface area contributed by atoms with Crippen LogP contribution in [0.5, 0.6) is 0 Å². The second kappa shape index (κ2) is 7.18. The third kappa shape index (κ3) is 4.03. The van der Waals surface area contributed by atoms with Crippen molar-refractivity contribution < 1.29 is 4.79 Å². The van der Waals surface area contributed by atoms with Gasteiger partial charge < -0.3 is 10.2 Å². The van der Waals surface area contributed by atoms with Crippen LogP contribution in [0.15, 0.2) is 42.9 Å². The lowest BCUT2D eigenvalue weighted by Gasteiger charge is -2.24. The summed E-state index contributed by atoms with van der Waals surface area (Å²) in [4.78, 5) is 22.4. The van der Waals surface area contributed by atoms with Crippen LogP contribution >= 0.6 is 11.6 Å². The van der Waals surface area contributed by atoms with Crippen molar-refractivity contribution in [1.29, 1.82) is 0 Å². The minimum atomic E-state index is -0.111. The summed E-state index contributed by atoms with van der Waals surface area (Å²) in [5, 5.41) is 3.86. The number of aromatic nitrogens is 2. The number of amides is 2. The van der Waals surface area contributed by atoms with Gasteiger partial charge in [-0.1, -0.05) is 30.7 Å². The fourth-order valence-corrected chi connectivity index (χ4v) is 3.02. The molecule has 0 unspecified atom stereocenters. The van der Waals surface area contributed by atoms with Crippen molar-refractivity contribution >= 4 is 17.6 Å². The number of nitrogens with one attached hydrogen (secondary N) is 1. The molecule has 3 atom stereocenters. The van der Waals surface area contributed by atoms with Gasteiger partial charge >= 0.3 is 6.03 Å². The average molecular weight is 345 g/mol. The lowest BCUT2D eigenvalue weighted by atomic mass is 10.0. The van der Waals surface area contributed by atoms with Gasteiger partial charge in [0.2, 0.25) is 0 Å². The average Bonchev–Trinajstić information content (AvgIpc) is 3.30. The van der Waals surface area contributed by atoms with Crippen molar-refractivity contribution in [3.8, 4) is 0 Å². The number of nitrogens with zero attached hydrogens (tertiary/aromatic N) is 3. The smallest absolute Gasteiger partial charge is 0.317 e. The van der Waals surface area contributed by atoms with Gasteiger partial charge in [0.05, 0.1) is 24.5 Å². The number of hydrogen-bond acceptors (Lipinski definition) is 3. The maximum absolute atomic E-state index is 12.6. The quantitative estimate of drug-likeness (QED) is 0.900. The first-order chi connectivity index (χ1) is 11.5. The van der Waals surface area contributed by atoms with E-state index in [1.807, 2.05) is 24.3 Å². The van der Waals surface area contributed by atoms with E-state index in [2.05, 4.69) is 22.2 Å². The van der Waals surface area contributed by atoms with Gasteiger partial charge in [0.25, 0.3) is 0 Å². The summed E-state index contributed by atoms with van der Waals surface area (Å²) in [6.45, 7) is 2.64. The van der Waals surface area contributed by atoms with E-state index < -0.39 is 0 Å².